The fourth-order valence-electron chi connectivity index (χ4n) is 2.83. The molecule has 0 amide bonds. The zero-order valence-corrected chi connectivity index (χ0v) is 12.2. The summed E-state index contributed by atoms with van der Waals surface area (Å²) in [5.74, 6) is 0. The van der Waals surface area contributed by atoms with Crippen LogP contribution in [0.5, 0.6) is 0 Å². The first-order valence-electron chi connectivity index (χ1n) is 7.12. The van der Waals surface area contributed by atoms with E-state index in [0.717, 1.165) is 13.2 Å². The molecule has 1 fully saturated rings. The molecule has 102 valence electrons. The standard InChI is InChI=1S/C14H30N2O/c1-5-7-14(3,6-2)16-10-8-15(9-11-16)12-13-17-4/h5-13H2,1-4H3. The predicted octanol–water partition coefficient (Wildman–Crippen LogP) is 2.22. The van der Waals surface area contributed by atoms with Crippen LogP contribution in [-0.4, -0.2) is 61.8 Å². The average Bonchev–Trinajstić information content (AvgIpc) is 2.37. The number of hydrogen-bond donors (Lipinski definition) is 0. The third-order valence-corrected chi connectivity index (χ3v) is 4.30. The first kappa shape index (κ1) is 14.9. The maximum atomic E-state index is 5.14. The van der Waals surface area contributed by atoms with Gasteiger partial charge in [0.15, 0.2) is 0 Å². The molecule has 0 N–H and O–H groups in total. The largest absolute Gasteiger partial charge is 0.383 e. The summed E-state index contributed by atoms with van der Waals surface area (Å²) in [6.07, 6.45) is 3.87. The minimum absolute atomic E-state index is 0.419. The second kappa shape index (κ2) is 7.34. The molecular formula is C14H30N2O. The van der Waals surface area contributed by atoms with Gasteiger partial charge in [0.1, 0.15) is 0 Å². The number of rotatable bonds is 7. The molecule has 0 aromatic rings. The zero-order chi connectivity index (χ0) is 12.7. The third-order valence-electron chi connectivity index (χ3n) is 4.30. The van der Waals surface area contributed by atoms with Gasteiger partial charge >= 0.3 is 0 Å². The van der Waals surface area contributed by atoms with Gasteiger partial charge in [-0.25, -0.2) is 0 Å². The number of hydrogen-bond acceptors (Lipinski definition) is 3. The van der Waals surface area contributed by atoms with Crippen LogP contribution in [0.4, 0.5) is 0 Å². The molecule has 17 heavy (non-hydrogen) atoms. The molecule has 1 saturated heterocycles. The molecule has 3 heteroatoms. The van der Waals surface area contributed by atoms with Crippen LogP contribution in [0, 0.1) is 0 Å². The fourth-order valence-corrected chi connectivity index (χ4v) is 2.83. The Balaban J connectivity index is 2.39. The van der Waals surface area contributed by atoms with Crippen molar-refractivity contribution in [1.29, 1.82) is 0 Å². The normalized spacial score (nSPS) is 22.6. The maximum Gasteiger partial charge on any atom is 0.0589 e. The second-order valence-corrected chi connectivity index (χ2v) is 5.42. The van der Waals surface area contributed by atoms with Gasteiger partial charge in [-0.1, -0.05) is 20.3 Å². The topological polar surface area (TPSA) is 15.7 Å². The monoisotopic (exact) mass is 242 g/mol. The van der Waals surface area contributed by atoms with E-state index in [9.17, 15) is 0 Å². The molecule has 1 aliphatic heterocycles. The summed E-state index contributed by atoms with van der Waals surface area (Å²) in [6, 6.07) is 0. The van der Waals surface area contributed by atoms with Gasteiger partial charge in [-0.3, -0.25) is 9.80 Å². The van der Waals surface area contributed by atoms with E-state index in [0.29, 0.717) is 5.54 Å². The van der Waals surface area contributed by atoms with Crippen molar-refractivity contribution in [2.24, 2.45) is 0 Å². The third kappa shape index (κ3) is 4.23. The van der Waals surface area contributed by atoms with Crippen LogP contribution in [0.25, 0.3) is 0 Å². The molecule has 0 bridgehead atoms. The van der Waals surface area contributed by atoms with Gasteiger partial charge in [0.2, 0.25) is 0 Å². The summed E-state index contributed by atoms with van der Waals surface area (Å²) < 4.78 is 5.14. The Hall–Kier alpha value is -0.120. The van der Waals surface area contributed by atoms with Gasteiger partial charge < -0.3 is 4.74 Å². The minimum Gasteiger partial charge on any atom is -0.383 e. The predicted molar refractivity (Wildman–Crippen MR) is 73.5 cm³/mol. The molecule has 0 spiro atoms. The molecule has 0 aliphatic carbocycles. The first-order valence-corrected chi connectivity index (χ1v) is 7.12. The Labute approximate surface area is 107 Å². The van der Waals surface area contributed by atoms with E-state index < -0.39 is 0 Å². The van der Waals surface area contributed by atoms with E-state index >= 15 is 0 Å². The maximum absolute atomic E-state index is 5.14. The Morgan fingerprint density at radius 3 is 2.24 bits per heavy atom. The number of methoxy groups -OCH3 is 1. The lowest BCUT2D eigenvalue weighted by atomic mass is 9.90. The van der Waals surface area contributed by atoms with Crippen molar-refractivity contribution in [3.8, 4) is 0 Å². The molecule has 1 heterocycles. The first-order chi connectivity index (χ1) is 8.16. The van der Waals surface area contributed by atoms with Crippen molar-refractivity contribution >= 4 is 0 Å². The van der Waals surface area contributed by atoms with Crippen LogP contribution in [0.15, 0.2) is 0 Å². The Morgan fingerprint density at radius 1 is 1.12 bits per heavy atom. The molecule has 1 atom stereocenters. The van der Waals surface area contributed by atoms with Crippen LogP contribution in [-0.2, 0) is 4.74 Å². The fraction of sp³-hybridized carbons (Fsp3) is 1.00. The van der Waals surface area contributed by atoms with Crippen molar-refractivity contribution in [2.45, 2.75) is 45.6 Å². The highest BCUT2D eigenvalue weighted by Gasteiger charge is 2.31. The molecule has 3 nitrogen and oxygen atoms in total. The lowest BCUT2D eigenvalue weighted by Crippen LogP contribution is -2.55. The van der Waals surface area contributed by atoms with Gasteiger partial charge in [0.05, 0.1) is 6.61 Å². The summed E-state index contributed by atoms with van der Waals surface area (Å²) in [6.45, 7) is 13.8. The Bertz CT molecular complexity index is 202. The Morgan fingerprint density at radius 2 is 1.76 bits per heavy atom. The van der Waals surface area contributed by atoms with E-state index in [1.165, 1.54) is 45.4 Å². The van der Waals surface area contributed by atoms with Gasteiger partial charge in [-0.05, 0) is 19.8 Å². The van der Waals surface area contributed by atoms with Crippen molar-refractivity contribution in [1.82, 2.24) is 9.80 Å². The van der Waals surface area contributed by atoms with E-state index in [-0.39, 0.29) is 0 Å². The number of piperazine rings is 1. The summed E-state index contributed by atoms with van der Waals surface area (Å²) in [5.41, 5.74) is 0.419. The van der Waals surface area contributed by atoms with Gasteiger partial charge in [-0.2, -0.15) is 0 Å². The molecule has 1 aliphatic rings. The summed E-state index contributed by atoms with van der Waals surface area (Å²) in [4.78, 5) is 5.21. The van der Waals surface area contributed by atoms with Gasteiger partial charge in [0, 0.05) is 45.4 Å². The lowest BCUT2D eigenvalue weighted by molar-refractivity contribution is 0.0255. The lowest BCUT2D eigenvalue weighted by Gasteiger charge is -2.46. The van der Waals surface area contributed by atoms with E-state index in [4.69, 9.17) is 4.74 Å². The van der Waals surface area contributed by atoms with Crippen LogP contribution in [0.2, 0.25) is 0 Å². The molecular weight excluding hydrogens is 212 g/mol. The highest BCUT2D eigenvalue weighted by Crippen LogP contribution is 2.26. The van der Waals surface area contributed by atoms with E-state index in [1.54, 1.807) is 7.11 Å². The van der Waals surface area contributed by atoms with E-state index in [2.05, 4.69) is 30.6 Å². The smallest absolute Gasteiger partial charge is 0.0589 e. The van der Waals surface area contributed by atoms with Crippen LogP contribution in [0.1, 0.15) is 40.0 Å². The molecule has 0 aromatic heterocycles. The SMILES string of the molecule is CCCC(C)(CC)N1CCN(CCOC)CC1. The molecule has 0 saturated carbocycles. The van der Waals surface area contributed by atoms with Gasteiger partial charge in [-0.15, -0.1) is 0 Å². The van der Waals surface area contributed by atoms with Crippen molar-refractivity contribution in [3.63, 3.8) is 0 Å². The highest BCUT2D eigenvalue weighted by molar-refractivity contribution is 4.88. The van der Waals surface area contributed by atoms with Crippen molar-refractivity contribution in [3.05, 3.63) is 0 Å². The quantitative estimate of drug-likeness (QED) is 0.681. The van der Waals surface area contributed by atoms with Crippen molar-refractivity contribution < 1.29 is 4.74 Å². The zero-order valence-electron chi connectivity index (χ0n) is 12.2. The van der Waals surface area contributed by atoms with Crippen molar-refractivity contribution in [2.75, 3.05) is 46.4 Å². The molecule has 1 rings (SSSR count). The van der Waals surface area contributed by atoms with Crippen LogP contribution >= 0.6 is 0 Å². The Kier molecular flexibility index (Phi) is 6.45. The highest BCUT2D eigenvalue weighted by atomic mass is 16.5. The average molecular weight is 242 g/mol. The molecule has 1 unspecified atom stereocenters. The summed E-state index contributed by atoms with van der Waals surface area (Å²) >= 11 is 0. The minimum atomic E-state index is 0.419. The summed E-state index contributed by atoms with van der Waals surface area (Å²) in [5, 5.41) is 0. The molecule has 0 aromatic carbocycles. The second-order valence-electron chi connectivity index (χ2n) is 5.42. The van der Waals surface area contributed by atoms with Crippen LogP contribution < -0.4 is 0 Å². The summed E-state index contributed by atoms with van der Waals surface area (Å²) in [7, 11) is 1.78. The number of ether oxygens (including phenoxy) is 1. The van der Waals surface area contributed by atoms with Gasteiger partial charge in [0.25, 0.3) is 0 Å². The molecule has 0 radical (unpaired) electrons. The van der Waals surface area contributed by atoms with E-state index in [1.807, 2.05) is 0 Å². The number of nitrogens with zero attached hydrogens (tertiary/aromatic N) is 2. The van der Waals surface area contributed by atoms with Crippen LogP contribution in [0.3, 0.4) is 0 Å².